The van der Waals surface area contributed by atoms with Crippen LogP contribution in [-0.2, 0) is 17.7 Å². The Morgan fingerprint density at radius 1 is 1.10 bits per heavy atom. The summed E-state index contributed by atoms with van der Waals surface area (Å²) in [6, 6.07) is 6.95. The van der Waals surface area contributed by atoms with E-state index in [-0.39, 0.29) is 0 Å². The largest absolute Gasteiger partial charge is 0.381 e. The van der Waals surface area contributed by atoms with Crippen LogP contribution in [0, 0.1) is 0 Å². The number of methoxy groups -OCH3 is 1. The van der Waals surface area contributed by atoms with Crippen molar-refractivity contribution >= 4 is 22.7 Å². The number of fused-ring (bicyclic) bond motifs is 2. The van der Waals surface area contributed by atoms with Gasteiger partial charge in [-0.2, -0.15) is 10.1 Å². The molecule has 1 aromatic carbocycles. The van der Waals surface area contributed by atoms with Gasteiger partial charge in [0.1, 0.15) is 0 Å². The Labute approximate surface area is 171 Å². The predicted octanol–water partition coefficient (Wildman–Crippen LogP) is 3.69. The van der Waals surface area contributed by atoms with Crippen molar-refractivity contribution in [3.8, 4) is 0 Å². The number of aromatic nitrogens is 4. The lowest BCUT2D eigenvalue weighted by molar-refractivity contribution is 0.0573. The van der Waals surface area contributed by atoms with E-state index in [1.165, 1.54) is 11.1 Å². The number of anilines is 2. The van der Waals surface area contributed by atoms with E-state index in [0.717, 1.165) is 61.9 Å². The number of nitrogens with zero attached hydrogens (tertiary/aromatic N) is 5. The first kappa shape index (κ1) is 18.5. The number of hydrogen-bond acceptors (Lipinski definition) is 6. The third-order valence-electron chi connectivity index (χ3n) is 6.32. The van der Waals surface area contributed by atoms with E-state index in [9.17, 15) is 0 Å². The van der Waals surface area contributed by atoms with Gasteiger partial charge in [-0.3, -0.25) is 0 Å². The molecule has 2 aliphatic rings. The highest BCUT2D eigenvalue weighted by molar-refractivity contribution is 5.75. The lowest BCUT2D eigenvalue weighted by atomic mass is 9.93. The van der Waals surface area contributed by atoms with Crippen LogP contribution < -0.4 is 5.32 Å². The molecule has 2 aromatic heterocycles. The van der Waals surface area contributed by atoms with Gasteiger partial charge < -0.3 is 15.0 Å². The first-order valence-corrected chi connectivity index (χ1v) is 10.5. The Morgan fingerprint density at radius 2 is 1.97 bits per heavy atom. The number of benzene rings is 1. The fourth-order valence-corrected chi connectivity index (χ4v) is 4.59. The van der Waals surface area contributed by atoms with Crippen LogP contribution in [0.1, 0.15) is 42.9 Å². The van der Waals surface area contributed by atoms with Crippen molar-refractivity contribution in [1.29, 1.82) is 0 Å². The van der Waals surface area contributed by atoms with Crippen LogP contribution in [0.3, 0.4) is 0 Å². The zero-order chi connectivity index (χ0) is 19.8. The quantitative estimate of drug-likeness (QED) is 0.730. The van der Waals surface area contributed by atoms with Crippen molar-refractivity contribution in [2.24, 2.45) is 0 Å². The number of likely N-dealkylation sites (N-methyl/N-ethyl adjacent to an activating group) is 1. The normalized spacial score (nSPS) is 22.6. The average Bonchev–Trinajstić information content (AvgIpc) is 3.17. The van der Waals surface area contributed by atoms with E-state index in [1.807, 2.05) is 12.4 Å². The summed E-state index contributed by atoms with van der Waals surface area (Å²) >= 11 is 0. The molecule has 7 heteroatoms. The summed E-state index contributed by atoms with van der Waals surface area (Å²) in [6.45, 7) is 2.11. The van der Waals surface area contributed by atoms with Crippen molar-refractivity contribution < 1.29 is 4.74 Å². The maximum atomic E-state index is 5.51. The predicted molar refractivity (Wildman–Crippen MR) is 113 cm³/mol. The van der Waals surface area contributed by atoms with Crippen molar-refractivity contribution in [3.05, 3.63) is 41.7 Å². The first-order valence-electron chi connectivity index (χ1n) is 10.5. The average molecular weight is 393 g/mol. The molecule has 29 heavy (non-hydrogen) atoms. The second-order valence-corrected chi connectivity index (χ2v) is 8.32. The Kier molecular flexibility index (Phi) is 4.93. The second-order valence-electron chi connectivity index (χ2n) is 8.32. The number of rotatable bonds is 4. The van der Waals surface area contributed by atoms with E-state index >= 15 is 0 Å². The fraction of sp³-hybridized carbons (Fsp3) is 0.500. The monoisotopic (exact) mass is 392 g/mol. The van der Waals surface area contributed by atoms with Crippen LogP contribution >= 0.6 is 0 Å². The molecular weight excluding hydrogens is 364 g/mol. The van der Waals surface area contributed by atoms with E-state index in [4.69, 9.17) is 9.72 Å². The minimum atomic E-state index is 0.376. The van der Waals surface area contributed by atoms with E-state index in [2.05, 4.69) is 50.2 Å². The molecule has 0 unspecified atom stereocenters. The molecule has 0 saturated heterocycles. The van der Waals surface area contributed by atoms with Gasteiger partial charge in [-0.25, -0.2) is 9.67 Å². The van der Waals surface area contributed by atoms with E-state index in [1.54, 1.807) is 7.11 Å². The number of nitrogens with one attached hydrogen (secondary N) is 1. The van der Waals surface area contributed by atoms with Gasteiger partial charge in [-0.1, -0.05) is 6.07 Å². The van der Waals surface area contributed by atoms with Crippen LogP contribution in [0.5, 0.6) is 0 Å². The molecule has 1 aliphatic carbocycles. The fourth-order valence-electron chi connectivity index (χ4n) is 4.59. The van der Waals surface area contributed by atoms with Crippen molar-refractivity contribution in [3.63, 3.8) is 0 Å². The zero-order valence-corrected chi connectivity index (χ0v) is 17.1. The summed E-state index contributed by atoms with van der Waals surface area (Å²) in [5.74, 6) is 0.619. The van der Waals surface area contributed by atoms with Gasteiger partial charge >= 0.3 is 0 Å². The summed E-state index contributed by atoms with van der Waals surface area (Å²) in [6.07, 6.45) is 9.50. The highest BCUT2D eigenvalue weighted by Gasteiger charge is 2.24. The third kappa shape index (κ3) is 3.72. The molecular formula is C22H28N6O. The summed E-state index contributed by atoms with van der Waals surface area (Å²) < 4.78 is 7.59. The summed E-state index contributed by atoms with van der Waals surface area (Å²) in [4.78, 5) is 11.7. The van der Waals surface area contributed by atoms with Gasteiger partial charge in [-0.15, -0.1) is 0 Å². The van der Waals surface area contributed by atoms with Crippen LogP contribution in [0.25, 0.3) is 11.0 Å². The molecule has 3 heterocycles. The molecule has 0 atom stereocenters. The van der Waals surface area contributed by atoms with Gasteiger partial charge in [0.25, 0.3) is 0 Å². The Hall–Kier alpha value is -2.51. The molecule has 152 valence electrons. The van der Waals surface area contributed by atoms with Gasteiger partial charge in [0.2, 0.25) is 5.95 Å². The molecule has 1 fully saturated rings. The summed E-state index contributed by atoms with van der Waals surface area (Å²) in [7, 11) is 3.97. The molecule has 1 aliphatic heterocycles. The Bertz CT molecular complexity index is 1010. The molecule has 1 N–H and O–H groups in total. The first-order chi connectivity index (χ1) is 14.2. The molecule has 0 bridgehead atoms. The Morgan fingerprint density at radius 3 is 2.79 bits per heavy atom. The van der Waals surface area contributed by atoms with Crippen LogP contribution in [0.2, 0.25) is 0 Å². The molecule has 0 spiro atoms. The molecule has 3 aromatic rings. The standard InChI is InChI=1S/C22H28N6O/c1-27-10-9-15-3-4-18(11-16(15)14-27)25-22-23-12-17-13-24-28(21(17)26-22)19-5-7-20(29-2)8-6-19/h3-4,11-13,19-20H,5-10,14H2,1-2H3,(H,23,25,26)/t19-,20+. The van der Waals surface area contributed by atoms with Crippen molar-refractivity contribution in [2.75, 3.05) is 26.0 Å². The molecule has 5 rings (SSSR count). The Balaban J connectivity index is 1.38. The molecule has 1 saturated carbocycles. The third-order valence-corrected chi connectivity index (χ3v) is 6.32. The topological polar surface area (TPSA) is 68.1 Å². The maximum Gasteiger partial charge on any atom is 0.229 e. The smallest absolute Gasteiger partial charge is 0.229 e. The zero-order valence-electron chi connectivity index (χ0n) is 17.1. The molecule has 7 nitrogen and oxygen atoms in total. The minimum Gasteiger partial charge on any atom is -0.381 e. The summed E-state index contributed by atoms with van der Waals surface area (Å²) in [5.41, 5.74) is 4.76. The summed E-state index contributed by atoms with van der Waals surface area (Å²) in [5, 5.41) is 9.00. The minimum absolute atomic E-state index is 0.376. The van der Waals surface area contributed by atoms with Crippen LogP contribution in [0.4, 0.5) is 11.6 Å². The number of hydrogen-bond donors (Lipinski definition) is 1. The van der Waals surface area contributed by atoms with Gasteiger partial charge in [0.05, 0.1) is 23.7 Å². The molecule has 0 amide bonds. The SMILES string of the molecule is CO[C@H]1CC[C@@H](n2ncc3cnc(Nc4ccc5c(c4)CN(C)CC5)nc32)CC1. The maximum absolute atomic E-state index is 5.51. The van der Waals surface area contributed by atoms with Gasteiger partial charge in [-0.05, 0) is 62.4 Å². The van der Waals surface area contributed by atoms with Gasteiger partial charge in [0, 0.05) is 32.1 Å². The molecule has 0 radical (unpaired) electrons. The van der Waals surface area contributed by atoms with Crippen molar-refractivity contribution in [2.45, 2.75) is 50.8 Å². The van der Waals surface area contributed by atoms with E-state index < -0.39 is 0 Å². The second kappa shape index (κ2) is 7.72. The van der Waals surface area contributed by atoms with Crippen molar-refractivity contribution in [1.82, 2.24) is 24.6 Å². The van der Waals surface area contributed by atoms with E-state index in [0.29, 0.717) is 18.1 Å². The lowest BCUT2D eigenvalue weighted by Crippen LogP contribution is -2.26. The highest BCUT2D eigenvalue weighted by Crippen LogP contribution is 2.31. The van der Waals surface area contributed by atoms with Gasteiger partial charge in [0.15, 0.2) is 5.65 Å². The highest BCUT2D eigenvalue weighted by atomic mass is 16.5. The van der Waals surface area contributed by atoms with Crippen LogP contribution in [0.15, 0.2) is 30.6 Å². The number of ether oxygens (including phenoxy) is 1. The van der Waals surface area contributed by atoms with Crippen LogP contribution in [-0.4, -0.2) is 51.5 Å². The lowest BCUT2D eigenvalue weighted by Gasteiger charge is -2.27.